The first kappa shape index (κ1) is 47.4. The third-order valence-electron chi connectivity index (χ3n) is 18.3. The van der Waals surface area contributed by atoms with Crippen LogP contribution in [0.4, 0.5) is 0 Å². The lowest BCUT2D eigenvalue weighted by Gasteiger charge is -2.61. The summed E-state index contributed by atoms with van der Waals surface area (Å²) in [6.07, 6.45) is -14.7. The van der Waals surface area contributed by atoms with Crippen molar-refractivity contribution in [2.75, 3.05) is 26.4 Å². The van der Waals surface area contributed by atoms with E-state index in [1.807, 2.05) is 0 Å². The van der Waals surface area contributed by atoms with Crippen LogP contribution in [-0.2, 0) is 37.9 Å². The Morgan fingerprint density at radius 2 is 1.14 bits per heavy atom. The van der Waals surface area contributed by atoms with E-state index in [-0.39, 0.29) is 23.0 Å². The Morgan fingerprint density at radius 1 is 0.556 bits per heavy atom. The van der Waals surface area contributed by atoms with Gasteiger partial charge < -0.3 is 89.0 Å². The molecule has 5 heterocycles. The molecule has 1 spiro atoms. The summed E-state index contributed by atoms with van der Waals surface area (Å²) in [6, 6.07) is 0. The molecule has 0 aromatic carbocycles. The van der Waals surface area contributed by atoms with E-state index in [9.17, 15) is 51.1 Å². The van der Waals surface area contributed by atoms with Gasteiger partial charge in [0.15, 0.2) is 24.7 Å². The van der Waals surface area contributed by atoms with Gasteiger partial charge in [0.25, 0.3) is 0 Å². The molecule has 4 aliphatic carbocycles. The minimum absolute atomic E-state index is 0.0658. The van der Waals surface area contributed by atoms with E-state index in [0.29, 0.717) is 54.3 Å². The van der Waals surface area contributed by atoms with E-state index >= 15 is 0 Å². The second-order valence-corrected chi connectivity index (χ2v) is 21.5. The minimum Gasteiger partial charge on any atom is -0.394 e. The Morgan fingerprint density at radius 3 is 1.75 bits per heavy atom. The van der Waals surface area contributed by atoms with Crippen molar-refractivity contribution < 1.29 is 89.0 Å². The maximum Gasteiger partial charge on any atom is 0.187 e. The van der Waals surface area contributed by atoms with E-state index < -0.39 is 118 Å². The predicted octanol–water partition coefficient (Wildman–Crippen LogP) is -0.734. The number of hydrogen-bond donors (Lipinski definition) is 10. The first-order chi connectivity index (χ1) is 30.0. The summed E-state index contributed by atoms with van der Waals surface area (Å²) in [6.45, 7) is 8.21. The highest BCUT2D eigenvalue weighted by molar-refractivity contribution is 5.15. The summed E-state index contributed by atoms with van der Waals surface area (Å²) < 4.78 is 50.2. The van der Waals surface area contributed by atoms with Crippen LogP contribution >= 0.6 is 0 Å². The Bertz CT molecular complexity index is 1570. The summed E-state index contributed by atoms with van der Waals surface area (Å²) in [5.74, 6) is 2.99. The van der Waals surface area contributed by atoms with Gasteiger partial charge in [-0.25, -0.2) is 0 Å². The average molecular weight is 903 g/mol. The highest BCUT2D eigenvalue weighted by Gasteiger charge is 2.69. The Labute approximate surface area is 369 Å². The van der Waals surface area contributed by atoms with E-state index in [4.69, 9.17) is 37.9 Å². The fourth-order valence-electron chi connectivity index (χ4n) is 14.7. The summed E-state index contributed by atoms with van der Waals surface area (Å²) in [5, 5.41) is 106. The van der Waals surface area contributed by atoms with E-state index in [1.54, 1.807) is 0 Å². The first-order valence-corrected chi connectivity index (χ1v) is 23.8. The van der Waals surface area contributed by atoms with Gasteiger partial charge in [0.05, 0.1) is 38.6 Å². The molecule has 9 aliphatic rings. The Balaban J connectivity index is 0.925. The quantitative estimate of drug-likeness (QED) is 0.128. The van der Waals surface area contributed by atoms with Gasteiger partial charge in [-0.3, -0.25) is 0 Å². The zero-order chi connectivity index (χ0) is 44.9. The molecule has 9 rings (SSSR count). The molecule has 18 heteroatoms. The highest BCUT2D eigenvalue weighted by atomic mass is 16.8. The van der Waals surface area contributed by atoms with Crippen LogP contribution in [0.3, 0.4) is 0 Å². The van der Waals surface area contributed by atoms with E-state index in [0.717, 1.165) is 58.0 Å². The van der Waals surface area contributed by atoms with Gasteiger partial charge in [-0.1, -0.05) is 27.7 Å². The van der Waals surface area contributed by atoms with Crippen LogP contribution in [0.1, 0.15) is 91.9 Å². The van der Waals surface area contributed by atoms with Crippen LogP contribution in [0.5, 0.6) is 0 Å². The van der Waals surface area contributed by atoms with Crippen LogP contribution < -0.4 is 0 Å². The van der Waals surface area contributed by atoms with Crippen molar-refractivity contribution in [3.05, 3.63) is 0 Å². The maximum atomic E-state index is 11.6. The molecule has 27 atom stereocenters. The van der Waals surface area contributed by atoms with Gasteiger partial charge in [-0.2, -0.15) is 0 Å². The van der Waals surface area contributed by atoms with Crippen molar-refractivity contribution in [1.29, 1.82) is 0 Å². The number of ether oxygens (including phenoxy) is 8. The van der Waals surface area contributed by atoms with Gasteiger partial charge in [0, 0.05) is 12.3 Å². The molecule has 63 heavy (non-hydrogen) atoms. The Kier molecular flexibility index (Phi) is 13.5. The molecule has 4 saturated carbocycles. The molecule has 0 radical (unpaired) electrons. The lowest BCUT2D eigenvalue weighted by Crippen LogP contribution is -2.67. The highest BCUT2D eigenvalue weighted by Crippen LogP contribution is 2.71. The lowest BCUT2D eigenvalue weighted by molar-refractivity contribution is -0.396. The molecular formula is C45H74O18. The fourth-order valence-corrected chi connectivity index (χ4v) is 14.7. The van der Waals surface area contributed by atoms with Gasteiger partial charge in [-0.15, -0.1) is 0 Å². The number of fused-ring (bicyclic) bond motifs is 7. The second-order valence-electron chi connectivity index (χ2n) is 21.5. The summed E-state index contributed by atoms with van der Waals surface area (Å²) in [7, 11) is 0. The van der Waals surface area contributed by atoms with Gasteiger partial charge in [-0.05, 0) is 104 Å². The van der Waals surface area contributed by atoms with Crippen LogP contribution in [0, 0.1) is 52.3 Å². The van der Waals surface area contributed by atoms with Crippen molar-refractivity contribution in [1.82, 2.24) is 0 Å². The van der Waals surface area contributed by atoms with E-state index in [1.165, 1.54) is 0 Å². The van der Waals surface area contributed by atoms with Crippen molar-refractivity contribution in [2.24, 2.45) is 52.3 Å². The standard InChI is InChI=1S/C45H74O18/c1-19-7-12-45(56-18-19)20(2)30-26(63-45)14-25-23-6-5-21-13-22(8-10-43(21,3)24(23)9-11-44(25,30)4)57-42-39(62-41-37(55)35(53)32(50)28(16-47)59-41)38(33(51)29(17-48)60-42)61-40-36(54)34(52)31(49)27(15-46)58-40/h19-42,46-55H,5-18H2,1-4H3/t19-,20+,21-,22+,23-,24+,25+,26+,27-,28-,29-,30+,31-,32-,33+,34+,35+,36-,37-,38+,39-,40+,41+,42-,43+,44+,45-/m1/s1. The molecule has 9 fully saturated rings. The lowest BCUT2D eigenvalue weighted by atomic mass is 9.44. The second kappa shape index (κ2) is 18.0. The number of rotatable bonds is 9. The van der Waals surface area contributed by atoms with Crippen molar-refractivity contribution in [3.8, 4) is 0 Å². The van der Waals surface area contributed by atoms with Gasteiger partial charge in [0.1, 0.15) is 73.2 Å². The molecular weight excluding hydrogens is 828 g/mol. The summed E-state index contributed by atoms with van der Waals surface area (Å²) in [5.41, 5.74) is 0.261. The maximum absolute atomic E-state index is 11.6. The number of aliphatic hydroxyl groups excluding tert-OH is 10. The smallest absolute Gasteiger partial charge is 0.187 e. The van der Waals surface area contributed by atoms with Crippen LogP contribution in [0.2, 0.25) is 0 Å². The first-order valence-electron chi connectivity index (χ1n) is 23.8. The van der Waals surface area contributed by atoms with Gasteiger partial charge >= 0.3 is 0 Å². The largest absolute Gasteiger partial charge is 0.394 e. The van der Waals surface area contributed by atoms with Gasteiger partial charge in [0.2, 0.25) is 0 Å². The third-order valence-corrected chi connectivity index (χ3v) is 18.3. The fraction of sp³-hybridized carbons (Fsp3) is 1.00. The van der Waals surface area contributed by atoms with Crippen LogP contribution in [0.25, 0.3) is 0 Å². The SMILES string of the molecule is C[C@@H]1CC[C@@]2(OC1)O[C@H]1C[C@H]3[C@@H]4CC[C@@H]5C[C@@H](O[C@@H]6O[C@H](CO)[C@H](O)[C@H](O[C@@H]7O[C@H](CO)[C@@H](O)[C@H](O)[C@H]7O)[C@H]6O[C@@H]6O[C@H](CO)[C@@H](O)[C@H](O)[C@H]6O)CC[C@]5(C)[C@H]4CC[C@]3(C)[C@H]1[C@@H]2C. The average Bonchev–Trinajstić information content (AvgIpc) is 3.72. The predicted molar refractivity (Wildman–Crippen MR) is 216 cm³/mol. The Hall–Kier alpha value is -0.720. The molecule has 0 bridgehead atoms. The van der Waals surface area contributed by atoms with Crippen molar-refractivity contribution in [2.45, 2.75) is 202 Å². The molecule has 0 unspecified atom stereocenters. The molecule has 18 nitrogen and oxygen atoms in total. The summed E-state index contributed by atoms with van der Waals surface area (Å²) >= 11 is 0. The molecule has 10 N–H and O–H groups in total. The molecule has 0 amide bonds. The normalized spacial score (nSPS) is 58.2. The molecule has 0 aromatic rings. The summed E-state index contributed by atoms with van der Waals surface area (Å²) in [4.78, 5) is 0. The number of hydrogen-bond acceptors (Lipinski definition) is 18. The zero-order valence-electron chi connectivity index (χ0n) is 37.0. The molecule has 5 saturated heterocycles. The third kappa shape index (κ3) is 7.88. The van der Waals surface area contributed by atoms with Crippen molar-refractivity contribution in [3.63, 3.8) is 0 Å². The van der Waals surface area contributed by atoms with E-state index in [2.05, 4.69) is 27.7 Å². The minimum atomic E-state index is -1.87. The van der Waals surface area contributed by atoms with Crippen LogP contribution in [0.15, 0.2) is 0 Å². The molecule has 0 aromatic heterocycles. The molecule has 362 valence electrons. The van der Waals surface area contributed by atoms with Crippen molar-refractivity contribution >= 4 is 0 Å². The van der Waals surface area contributed by atoms with Crippen LogP contribution in [-0.4, -0.2) is 188 Å². The topological polar surface area (TPSA) is 276 Å². The zero-order valence-corrected chi connectivity index (χ0v) is 37.0. The number of aliphatic hydroxyl groups is 10. The molecule has 5 aliphatic heterocycles. The monoisotopic (exact) mass is 902 g/mol.